The van der Waals surface area contributed by atoms with Crippen molar-refractivity contribution in [2.75, 3.05) is 23.4 Å². The monoisotopic (exact) mass is 216 g/mol. The summed E-state index contributed by atoms with van der Waals surface area (Å²) in [6.45, 7) is 4.92. The van der Waals surface area contributed by atoms with E-state index in [-0.39, 0.29) is 11.6 Å². The quantitative estimate of drug-likeness (QED) is 0.591. The van der Waals surface area contributed by atoms with E-state index in [0.717, 1.165) is 6.07 Å². The molecule has 0 spiro atoms. The molecule has 0 saturated carbocycles. The van der Waals surface area contributed by atoms with E-state index in [1.807, 2.05) is 13.8 Å². The van der Waals surface area contributed by atoms with Crippen LogP contribution in [-0.4, -0.2) is 18.1 Å². The molecule has 4 nitrogen and oxygen atoms in total. The number of nitrogens with two attached hydrogens (primary N) is 1. The van der Waals surface area contributed by atoms with E-state index in [4.69, 9.17) is 5.84 Å². The highest BCUT2D eigenvalue weighted by molar-refractivity contribution is 5.48. The van der Waals surface area contributed by atoms with Crippen molar-refractivity contribution < 1.29 is 8.78 Å². The fraction of sp³-hybridized carbons (Fsp3) is 0.444. The summed E-state index contributed by atoms with van der Waals surface area (Å²) in [4.78, 5) is 5.45. The molecule has 0 bridgehead atoms. The second-order valence-corrected chi connectivity index (χ2v) is 2.94. The lowest BCUT2D eigenvalue weighted by molar-refractivity contribution is 0.571. The molecule has 1 aromatic heterocycles. The van der Waals surface area contributed by atoms with E-state index in [2.05, 4.69) is 10.4 Å². The molecule has 0 atom stereocenters. The molecule has 0 saturated heterocycles. The molecular weight excluding hydrogens is 202 g/mol. The predicted molar refractivity (Wildman–Crippen MR) is 55.5 cm³/mol. The normalized spacial score (nSPS) is 10.2. The maximum atomic E-state index is 13.4. The molecule has 0 aliphatic heterocycles. The Morgan fingerprint density at radius 3 is 2.40 bits per heavy atom. The zero-order valence-corrected chi connectivity index (χ0v) is 8.72. The highest BCUT2D eigenvalue weighted by Gasteiger charge is 2.14. The first-order chi connectivity index (χ1) is 7.13. The number of hydrogen-bond donors (Lipinski definition) is 2. The summed E-state index contributed by atoms with van der Waals surface area (Å²) in [5.74, 6) is 3.53. The minimum absolute atomic E-state index is 0.106. The average Bonchev–Trinajstić information content (AvgIpc) is 2.22. The molecule has 0 fully saturated rings. The molecule has 1 aromatic rings. The number of nitrogens with one attached hydrogen (secondary N) is 1. The van der Waals surface area contributed by atoms with Crippen LogP contribution < -0.4 is 16.2 Å². The standard InChI is InChI=1S/C9H14F2N4/c1-3-15(4-2)9-7(11)5-6(10)8(13-9)14-12/h5H,3-4,12H2,1-2H3,(H,13,14). The molecule has 0 aromatic carbocycles. The third kappa shape index (κ3) is 2.33. The molecule has 0 amide bonds. The van der Waals surface area contributed by atoms with Crippen LogP contribution in [0.2, 0.25) is 0 Å². The highest BCUT2D eigenvalue weighted by atomic mass is 19.1. The molecule has 15 heavy (non-hydrogen) atoms. The summed E-state index contributed by atoms with van der Waals surface area (Å²) in [5.41, 5.74) is 2.09. The predicted octanol–water partition coefficient (Wildman–Crippen LogP) is 1.49. The van der Waals surface area contributed by atoms with Gasteiger partial charge in [0.2, 0.25) is 0 Å². The van der Waals surface area contributed by atoms with E-state index in [1.54, 1.807) is 4.90 Å². The Morgan fingerprint density at radius 1 is 1.33 bits per heavy atom. The molecule has 1 heterocycles. The van der Waals surface area contributed by atoms with Gasteiger partial charge in [-0.3, -0.25) is 0 Å². The van der Waals surface area contributed by atoms with Crippen molar-refractivity contribution >= 4 is 11.6 Å². The van der Waals surface area contributed by atoms with Crippen LogP contribution in [0.1, 0.15) is 13.8 Å². The topological polar surface area (TPSA) is 54.2 Å². The number of aromatic nitrogens is 1. The number of hydrogen-bond acceptors (Lipinski definition) is 4. The molecule has 0 aliphatic rings. The number of nitrogens with zero attached hydrogens (tertiary/aromatic N) is 2. The van der Waals surface area contributed by atoms with Gasteiger partial charge >= 0.3 is 0 Å². The van der Waals surface area contributed by atoms with Crippen LogP contribution in [0.25, 0.3) is 0 Å². The molecule has 6 heteroatoms. The Hall–Kier alpha value is -1.43. The minimum atomic E-state index is -0.800. The van der Waals surface area contributed by atoms with E-state index >= 15 is 0 Å². The Bertz CT molecular complexity index is 339. The van der Waals surface area contributed by atoms with Crippen molar-refractivity contribution in [3.8, 4) is 0 Å². The lowest BCUT2D eigenvalue weighted by Gasteiger charge is -2.20. The number of nitrogen functional groups attached to an aromatic ring is 1. The van der Waals surface area contributed by atoms with Crippen LogP contribution in [0, 0.1) is 11.6 Å². The van der Waals surface area contributed by atoms with Crippen LogP contribution in [0.4, 0.5) is 20.4 Å². The van der Waals surface area contributed by atoms with Crippen molar-refractivity contribution in [3.63, 3.8) is 0 Å². The number of rotatable bonds is 4. The third-order valence-electron chi connectivity index (χ3n) is 2.11. The first kappa shape index (κ1) is 11.6. The van der Waals surface area contributed by atoms with Gasteiger partial charge in [0, 0.05) is 19.2 Å². The van der Waals surface area contributed by atoms with Crippen molar-refractivity contribution in [1.82, 2.24) is 4.98 Å². The Kier molecular flexibility index (Phi) is 3.79. The van der Waals surface area contributed by atoms with Gasteiger partial charge in [-0.2, -0.15) is 0 Å². The maximum absolute atomic E-state index is 13.4. The summed E-state index contributed by atoms with van der Waals surface area (Å²) in [5, 5.41) is 0. The number of hydrazine groups is 1. The van der Waals surface area contributed by atoms with Crippen molar-refractivity contribution in [3.05, 3.63) is 17.7 Å². The first-order valence-electron chi connectivity index (χ1n) is 4.71. The second kappa shape index (κ2) is 4.88. The van der Waals surface area contributed by atoms with Gasteiger partial charge < -0.3 is 10.3 Å². The van der Waals surface area contributed by atoms with Crippen LogP contribution in [0.5, 0.6) is 0 Å². The smallest absolute Gasteiger partial charge is 0.178 e. The lowest BCUT2D eigenvalue weighted by atomic mass is 10.3. The second-order valence-electron chi connectivity index (χ2n) is 2.94. The lowest BCUT2D eigenvalue weighted by Crippen LogP contribution is -2.25. The van der Waals surface area contributed by atoms with Crippen molar-refractivity contribution in [2.45, 2.75) is 13.8 Å². The largest absolute Gasteiger partial charge is 0.355 e. The SMILES string of the molecule is CCN(CC)c1nc(NN)c(F)cc1F. The van der Waals surface area contributed by atoms with Gasteiger partial charge in [0.05, 0.1) is 0 Å². The molecule has 0 aliphatic carbocycles. The molecule has 3 N–H and O–H groups in total. The maximum Gasteiger partial charge on any atom is 0.178 e. The van der Waals surface area contributed by atoms with Crippen molar-refractivity contribution in [1.29, 1.82) is 0 Å². The van der Waals surface area contributed by atoms with E-state index in [1.165, 1.54) is 0 Å². The Labute approximate surface area is 87.1 Å². The van der Waals surface area contributed by atoms with Gasteiger partial charge in [0.15, 0.2) is 23.3 Å². The van der Waals surface area contributed by atoms with Crippen LogP contribution >= 0.6 is 0 Å². The van der Waals surface area contributed by atoms with Gasteiger partial charge in [0.1, 0.15) is 0 Å². The van der Waals surface area contributed by atoms with Gasteiger partial charge in [-0.25, -0.2) is 19.6 Å². The molecule has 0 radical (unpaired) electrons. The number of pyridine rings is 1. The van der Waals surface area contributed by atoms with Gasteiger partial charge in [-0.1, -0.05) is 0 Å². The zero-order valence-electron chi connectivity index (χ0n) is 8.72. The van der Waals surface area contributed by atoms with Crippen molar-refractivity contribution in [2.24, 2.45) is 5.84 Å². The zero-order chi connectivity index (χ0) is 11.4. The van der Waals surface area contributed by atoms with E-state index in [9.17, 15) is 8.78 Å². The Balaban J connectivity index is 3.17. The number of anilines is 2. The van der Waals surface area contributed by atoms with Crippen LogP contribution in [-0.2, 0) is 0 Å². The summed E-state index contributed by atoms with van der Waals surface area (Å²) in [7, 11) is 0. The third-order valence-corrected chi connectivity index (χ3v) is 2.11. The molecular formula is C9H14F2N4. The first-order valence-corrected chi connectivity index (χ1v) is 4.71. The highest BCUT2D eigenvalue weighted by Crippen LogP contribution is 2.21. The van der Waals surface area contributed by atoms with Crippen LogP contribution in [0.15, 0.2) is 6.07 Å². The average molecular weight is 216 g/mol. The summed E-state index contributed by atoms with van der Waals surface area (Å²) in [6, 6.07) is 0.774. The fourth-order valence-electron chi connectivity index (χ4n) is 1.30. The van der Waals surface area contributed by atoms with E-state index in [0.29, 0.717) is 13.1 Å². The minimum Gasteiger partial charge on any atom is -0.355 e. The van der Waals surface area contributed by atoms with Gasteiger partial charge in [0.25, 0.3) is 0 Å². The summed E-state index contributed by atoms with van der Waals surface area (Å²) in [6.07, 6.45) is 0. The van der Waals surface area contributed by atoms with Gasteiger partial charge in [-0.05, 0) is 13.8 Å². The fourth-order valence-corrected chi connectivity index (χ4v) is 1.30. The van der Waals surface area contributed by atoms with E-state index < -0.39 is 11.6 Å². The van der Waals surface area contributed by atoms with Crippen LogP contribution in [0.3, 0.4) is 0 Å². The molecule has 1 rings (SSSR count). The summed E-state index contributed by atoms with van der Waals surface area (Å²) < 4.78 is 26.4. The Morgan fingerprint density at radius 2 is 1.93 bits per heavy atom. The summed E-state index contributed by atoms with van der Waals surface area (Å²) >= 11 is 0. The van der Waals surface area contributed by atoms with Gasteiger partial charge in [-0.15, -0.1) is 0 Å². The number of halogens is 2. The molecule has 0 unspecified atom stereocenters. The molecule has 84 valence electrons.